The van der Waals surface area contributed by atoms with Crippen LogP contribution in [0.25, 0.3) is 11.1 Å². The highest BCUT2D eigenvalue weighted by molar-refractivity contribution is 6.30. The molecule has 0 saturated carbocycles. The molecule has 1 aliphatic heterocycles. The zero-order valence-corrected chi connectivity index (χ0v) is 20.5. The second-order valence-electron chi connectivity index (χ2n) is 9.29. The highest BCUT2D eigenvalue weighted by Gasteiger charge is 2.47. The Hall–Kier alpha value is -3.42. The minimum absolute atomic E-state index is 0.0522. The molecule has 4 rings (SSSR count). The third kappa shape index (κ3) is 6.04. The molecule has 0 aromatic heterocycles. The monoisotopic (exact) mass is 510 g/mol. The number of ether oxygens (including phenoxy) is 1. The van der Waals surface area contributed by atoms with Gasteiger partial charge in [0.2, 0.25) is 0 Å². The van der Waals surface area contributed by atoms with Crippen molar-refractivity contribution in [3.63, 3.8) is 0 Å². The van der Waals surface area contributed by atoms with Crippen molar-refractivity contribution >= 4 is 23.7 Å². The number of carbonyl (C=O) groups excluding carboxylic acids is 1. The molecule has 3 N–H and O–H groups in total. The van der Waals surface area contributed by atoms with Gasteiger partial charge >= 0.3 is 12.1 Å². The third-order valence-corrected chi connectivity index (χ3v) is 6.85. The van der Waals surface area contributed by atoms with E-state index in [0.717, 1.165) is 11.1 Å². The van der Waals surface area contributed by atoms with Crippen molar-refractivity contribution < 1.29 is 23.8 Å². The molecule has 1 heterocycles. The van der Waals surface area contributed by atoms with Crippen LogP contribution in [0.3, 0.4) is 0 Å². The lowest BCUT2D eigenvalue weighted by atomic mass is 9.79. The van der Waals surface area contributed by atoms with Gasteiger partial charge in [0.05, 0.1) is 5.41 Å². The van der Waals surface area contributed by atoms with Crippen LogP contribution in [0.15, 0.2) is 72.8 Å². The molecular weight excluding hydrogens is 483 g/mol. The fourth-order valence-electron chi connectivity index (χ4n) is 4.68. The maximum Gasteiger partial charge on any atom is 0.410 e. The number of carbonyl (C=O) groups is 2. The maximum atomic E-state index is 14.2. The Kier molecular flexibility index (Phi) is 7.91. The number of carboxylic acids is 1. The summed E-state index contributed by atoms with van der Waals surface area (Å²) in [6, 6.07) is 20.6. The average molecular weight is 511 g/mol. The second-order valence-corrected chi connectivity index (χ2v) is 9.72. The number of amides is 1. The molecule has 0 unspecified atom stereocenters. The Bertz CT molecular complexity index is 1220. The lowest BCUT2D eigenvalue weighted by Crippen LogP contribution is -2.42. The summed E-state index contributed by atoms with van der Waals surface area (Å²) in [6.07, 6.45) is 0.449. The third-order valence-electron chi connectivity index (χ3n) is 6.61. The van der Waals surface area contributed by atoms with Gasteiger partial charge in [0.25, 0.3) is 0 Å². The topological polar surface area (TPSA) is 92.9 Å². The molecule has 0 bridgehead atoms. The molecule has 3 aromatic carbocycles. The Morgan fingerprint density at radius 1 is 1.08 bits per heavy atom. The second kappa shape index (κ2) is 11.1. The largest absolute Gasteiger partial charge is 0.481 e. The molecule has 1 saturated heterocycles. The molecule has 36 heavy (non-hydrogen) atoms. The van der Waals surface area contributed by atoms with E-state index in [1.807, 2.05) is 42.5 Å². The van der Waals surface area contributed by atoms with E-state index in [-0.39, 0.29) is 25.4 Å². The average Bonchev–Trinajstić information content (AvgIpc) is 3.30. The molecule has 0 spiro atoms. The first-order valence-corrected chi connectivity index (χ1v) is 12.1. The van der Waals surface area contributed by atoms with Crippen molar-refractivity contribution in [3.8, 4) is 11.1 Å². The number of likely N-dealkylation sites (tertiary alicyclic amines) is 1. The summed E-state index contributed by atoms with van der Waals surface area (Å²) in [5, 5.41) is 10.5. The normalized spacial score (nSPS) is 18.1. The van der Waals surface area contributed by atoms with Crippen LogP contribution in [-0.2, 0) is 22.6 Å². The number of hydrogen-bond donors (Lipinski definition) is 2. The zero-order chi connectivity index (χ0) is 25.7. The predicted octanol–water partition coefficient (Wildman–Crippen LogP) is 5.52. The lowest BCUT2D eigenvalue weighted by Gasteiger charge is -2.27. The molecule has 8 heteroatoms. The van der Waals surface area contributed by atoms with Crippen LogP contribution in [0, 0.1) is 11.2 Å². The minimum Gasteiger partial charge on any atom is -0.481 e. The molecule has 2 atom stereocenters. The van der Waals surface area contributed by atoms with Crippen molar-refractivity contribution in [1.29, 1.82) is 0 Å². The SMILES string of the molecule is N[C@H](Cc1ccc(-c2cc(Cl)ccc2F)cc1)C[C@@]1(C(=O)O)CCN(C(=O)OCc2ccccc2)C1. The van der Waals surface area contributed by atoms with Gasteiger partial charge in [-0.3, -0.25) is 4.79 Å². The molecule has 3 aromatic rings. The molecular formula is C28H28ClFN2O4. The highest BCUT2D eigenvalue weighted by Crippen LogP contribution is 2.36. The van der Waals surface area contributed by atoms with Gasteiger partial charge in [-0.15, -0.1) is 0 Å². The zero-order valence-electron chi connectivity index (χ0n) is 19.7. The fraction of sp³-hybridized carbons (Fsp3) is 0.286. The molecule has 0 aliphatic carbocycles. The minimum atomic E-state index is -1.13. The summed E-state index contributed by atoms with van der Waals surface area (Å²) in [5.41, 5.74) is 8.12. The van der Waals surface area contributed by atoms with Crippen LogP contribution in [-0.4, -0.2) is 41.2 Å². The van der Waals surface area contributed by atoms with Crippen LogP contribution in [0.4, 0.5) is 9.18 Å². The van der Waals surface area contributed by atoms with Crippen LogP contribution in [0.1, 0.15) is 24.0 Å². The van der Waals surface area contributed by atoms with Crippen molar-refractivity contribution in [2.45, 2.75) is 31.9 Å². The first kappa shape index (κ1) is 25.7. The van der Waals surface area contributed by atoms with E-state index in [1.165, 1.54) is 17.0 Å². The quantitative estimate of drug-likeness (QED) is 0.416. The molecule has 1 amide bonds. The summed E-state index contributed by atoms with van der Waals surface area (Å²) in [7, 11) is 0. The van der Waals surface area contributed by atoms with E-state index in [1.54, 1.807) is 18.2 Å². The Balaban J connectivity index is 1.36. The Labute approximate surface area is 214 Å². The van der Waals surface area contributed by atoms with Crippen LogP contribution in [0.5, 0.6) is 0 Å². The van der Waals surface area contributed by atoms with E-state index >= 15 is 0 Å². The smallest absolute Gasteiger partial charge is 0.410 e. The fourth-order valence-corrected chi connectivity index (χ4v) is 4.86. The summed E-state index contributed by atoms with van der Waals surface area (Å²) >= 11 is 6.00. The van der Waals surface area contributed by atoms with Crippen LogP contribution >= 0.6 is 11.6 Å². The number of nitrogens with zero attached hydrogens (tertiary/aromatic N) is 1. The number of rotatable bonds is 8. The number of hydrogen-bond acceptors (Lipinski definition) is 4. The summed E-state index contributed by atoms with van der Waals surface area (Å²) in [5.74, 6) is -1.33. The van der Waals surface area contributed by atoms with Gasteiger partial charge in [-0.1, -0.05) is 66.2 Å². The first-order chi connectivity index (χ1) is 17.3. The van der Waals surface area contributed by atoms with E-state index in [0.29, 0.717) is 35.5 Å². The Morgan fingerprint density at radius 2 is 1.81 bits per heavy atom. The van der Waals surface area contributed by atoms with Gasteiger partial charge in [0, 0.05) is 29.7 Å². The van der Waals surface area contributed by atoms with Gasteiger partial charge in [-0.05, 0) is 54.2 Å². The molecule has 6 nitrogen and oxygen atoms in total. The van der Waals surface area contributed by atoms with Gasteiger partial charge in [0.15, 0.2) is 0 Å². The molecule has 1 fully saturated rings. The van der Waals surface area contributed by atoms with Gasteiger partial charge in [-0.25, -0.2) is 9.18 Å². The van der Waals surface area contributed by atoms with Crippen molar-refractivity contribution in [2.75, 3.05) is 13.1 Å². The number of halogens is 2. The van der Waals surface area contributed by atoms with E-state index in [4.69, 9.17) is 22.1 Å². The van der Waals surface area contributed by atoms with Crippen molar-refractivity contribution in [2.24, 2.45) is 11.1 Å². The highest BCUT2D eigenvalue weighted by atomic mass is 35.5. The first-order valence-electron chi connectivity index (χ1n) is 11.7. The molecule has 188 valence electrons. The summed E-state index contributed by atoms with van der Waals surface area (Å²) in [4.78, 5) is 26.2. The number of benzene rings is 3. The molecule has 1 aliphatic rings. The number of nitrogens with two attached hydrogens (primary N) is 1. The van der Waals surface area contributed by atoms with Crippen molar-refractivity contribution in [3.05, 3.63) is 94.8 Å². The van der Waals surface area contributed by atoms with Gasteiger partial charge in [0.1, 0.15) is 12.4 Å². The predicted molar refractivity (Wildman–Crippen MR) is 136 cm³/mol. The maximum absolute atomic E-state index is 14.2. The van der Waals surface area contributed by atoms with Crippen LogP contribution in [0.2, 0.25) is 5.02 Å². The lowest BCUT2D eigenvalue weighted by molar-refractivity contribution is -0.148. The summed E-state index contributed by atoms with van der Waals surface area (Å²) in [6.45, 7) is 0.480. The van der Waals surface area contributed by atoms with Gasteiger partial charge < -0.3 is 20.5 Å². The Morgan fingerprint density at radius 3 is 2.50 bits per heavy atom. The van der Waals surface area contributed by atoms with E-state index in [9.17, 15) is 19.1 Å². The molecule has 0 radical (unpaired) electrons. The standard InChI is InChI=1S/C28H28ClFN2O4/c29-22-10-11-25(30)24(15-22)21-8-6-19(7-9-21)14-23(31)16-28(26(33)34)12-13-32(18-28)27(35)36-17-20-4-2-1-3-5-20/h1-11,15,23H,12-14,16-18,31H2,(H,33,34)/t23-,28+/m1/s1. The van der Waals surface area contributed by atoms with E-state index < -0.39 is 23.5 Å². The number of aliphatic carboxylic acids is 1. The number of carboxylic acid groups (broad SMARTS) is 1. The van der Waals surface area contributed by atoms with E-state index in [2.05, 4.69) is 0 Å². The summed E-state index contributed by atoms with van der Waals surface area (Å²) < 4.78 is 19.5. The van der Waals surface area contributed by atoms with Gasteiger partial charge in [-0.2, -0.15) is 0 Å². The van der Waals surface area contributed by atoms with Crippen LogP contribution < -0.4 is 5.73 Å². The van der Waals surface area contributed by atoms with Crippen molar-refractivity contribution in [1.82, 2.24) is 4.90 Å².